The summed E-state index contributed by atoms with van der Waals surface area (Å²) in [7, 11) is 0. The third-order valence-corrected chi connectivity index (χ3v) is 6.74. The van der Waals surface area contributed by atoms with E-state index in [-0.39, 0.29) is 17.4 Å². The second kappa shape index (κ2) is 9.98. The lowest BCUT2D eigenvalue weighted by Gasteiger charge is -2.41. The molecule has 1 fully saturated rings. The van der Waals surface area contributed by atoms with Crippen LogP contribution >= 0.6 is 0 Å². The van der Waals surface area contributed by atoms with Crippen molar-refractivity contribution in [3.8, 4) is 0 Å². The van der Waals surface area contributed by atoms with E-state index in [0.29, 0.717) is 12.1 Å². The van der Waals surface area contributed by atoms with Gasteiger partial charge in [0.2, 0.25) is 0 Å². The Morgan fingerprint density at radius 1 is 1.00 bits per heavy atom. The first-order chi connectivity index (χ1) is 15.0. The summed E-state index contributed by atoms with van der Waals surface area (Å²) in [5, 5.41) is 14.4. The van der Waals surface area contributed by atoms with Crippen LogP contribution in [-0.2, 0) is 17.4 Å². The minimum absolute atomic E-state index is 0.0543. The van der Waals surface area contributed by atoms with Crippen LogP contribution in [0, 0.1) is 18.6 Å². The van der Waals surface area contributed by atoms with Gasteiger partial charge in [0.05, 0.1) is 6.10 Å². The average Bonchev–Trinajstić information content (AvgIpc) is 2.70. The predicted octanol–water partition coefficient (Wildman–Crippen LogP) is 5.25. The molecule has 4 N–H and O–H groups in total. The van der Waals surface area contributed by atoms with Gasteiger partial charge in [-0.2, -0.15) is 0 Å². The van der Waals surface area contributed by atoms with Crippen molar-refractivity contribution in [1.82, 2.24) is 5.32 Å². The Hall–Kier alpha value is -1.82. The van der Waals surface area contributed by atoms with Crippen LogP contribution in [0.2, 0.25) is 0 Å². The fourth-order valence-corrected chi connectivity index (χ4v) is 4.80. The van der Waals surface area contributed by atoms with E-state index in [1.165, 1.54) is 35.2 Å². The predicted molar refractivity (Wildman–Crippen MR) is 127 cm³/mol. The molecule has 0 aromatic heterocycles. The quantitative estimate of drug-likeness (QED) is 0.547. The smallest absolute Gasteiger partial charge is 0.126 e. The second-order valence-corrected chi connectivity index (χ2v) is 10.6. The van der Waals surface area contributed by atoms with Gasteiger partial charge in [0.25, 0.3) is 0 Å². The zero-order chi connectivity index (χ0) is 23.5. The Morgan fingerprint density at radius 3 is 2.22 bits per heavy atom. The van der Waals surface area contributed by atoms with Crippen molar-refractivity contribution >= 4 is 0 Å². The average molecular weight is 445 g/mol. The summed E-state index contributed by atoms with van der Waals surface area (Å²) in [6.45, 7) is 9.15. The van der Waals surface area contributed by atoms with Crippen molar-refractivity contribution in [3.05, 3.63) is 70.3 Å². The van der Waals surface area contributed by atoms with E-state index in [9.17, 15) is 13.9 Å². The number of nitrogens with two attached hydrogens (primary N) is 1. The first kappa shape index (κ1) is 24.8. The summed E-state index contributed by atoms with van der Waals surface area (Å²) >= 11 is 0. The first-order valence-corrected chi connectivity index (χ1v) is 11.7. The van der Waals surface area contributed by atoms with Crippen molar-refractivity contribution in [2.45, 2.75) is 89.3 Å². The Morgan fingerprint density at radius 2 is 1.62 bits per heavy atom. The Balaban J connectivity index is 1.77. The molecule has 0 bridgehead atoms. The molecule has 2 atom stereocenters. The van der Waals surface area contributed by atoms with E-state index in [1.807, 2.05) is 0 Å². The van der Waals surface area contributed by atoms with E-state index < -0.39 is 23.8 Å². The number of hydrogen-bond acceptors (Lipinski definition) is 3. The molecule has 32 heavy (non-hydrogen) atoms. The highest BCUT2D eigenvalue weighted by atomic mass is 19.1. The van der Waals surface area contributed by atoms with Gasteiger partial charge >= 0.3 is 0 Å². The Kier molecular flexibility index (Phi) is 7.74. The summed E-state index contributed by atoms with van der Waals surface area (Å²) in [5.74, 6) is -1.26. The summed E-state index contributed by atoms with van der Waals surface area (Å²) in [6, 6.07) is 9.59. The van der Waals surface area contributed by atoms with Crippen molar-refractivity contribution in [1.29, 1.82) is 0 Å². The van der Waals surface area contributed by atoms with Crippen molar-refractivity contribution in [3.63, 3.8) is 0 Å². The van der Waals surface area contributed by atoms with Gasteiger partial charge in [0.1, 0.15) is 11.6 Å². The van der Waals surface area contributed by atoms with E-state index in [2.05, 4.69) is 51.2 Å². The monoisotopic (exact) mass is 444 g/mol. The summed E-state index contributed by atoms with van der Waals surface area (Å²) in [6.07, 6.45) is 4.89. The number of halogens is 2. The van der Waals surface area contributed by atoms with Gasteiger partial charge in [0, 0.05) is 24.2 Å². The molecule has 176 valence electrons. The molecule has 2 aromatic rings. The molecule has 3 nitrogen and oxygen atoms in total. The van der Waals surface area contributed by atoms with Crippen molar-refractivity contribution in [2.75, 3.05) is 6.54 Å². The van der Waals surface area contributed by atoms with Gasteiger partial charge in [-0.3, -0.25) is 0 Å². The fourth-order valence-electron chi connectivity index (χ4n) is 4.80. The maximum Gasteiger partial charge on any atom is 0.126 e. The topological polar surface area (TPSA) is 58.3 Å². The molecule has 1 aliphatic carbocycles. The summed E-state index contributed by atoms with van der Waals surface area (Å²) < 4.78 is 27.0. The molecule has 3 rings (SSSR count). The minimum atomic E-state index is -0.827. The number of nitrogens with one attached hydrogen (secondary N) is 1. The lowest BCUT2D eigenvalue weighted by molar-refractivity contribution is 0.116. The second-order valence-electron chi connectivity index (χ2n) is 10.6. The molecular formula is C27H38F2N2O. The number of benzene rings is 2. The number of aliphatic hydroxyl groups excluding tert-OH is 1. The molecular weight excluding hydrogens is 406 g/mol. The van der Waals surface area contributed by atoms with Gasteiger partial charge in [-0.1, -0.05) is 63.8 Å². The Labute approximate surface area is 191 Å². The van der Waals surface area contributed by atoms with E-state index in [1.54, 1.807) is 0 Å². The molecule has 0 unspecified atom stereocenters. The zero-order valence-corrected chi connectivity index (χ0v) is 19.8. The number of aryl methyl sites for hydroxylation is 1. The molecule has 0 aliphatic heterocycles. The standard InChI is InChI=1S/C27H38F2N2O/c1-18-10-20(26(2,3)4)15-21(11-18)27(8-6-5-7-9-27)31-17-25(32)24(30)14-19-12-22(28)16-23(29)13-19/h10-13,15-16,24-25,31-32H,5-9,14,17,30H2,1-4H3/t24-,25+/m0/s1. The lowest BCUT2D eigenvalue weighted by Crippen LogP contribution is -2.51. The van der Waals surface area contributed by atoms with Gasteiger partial charge in [-0.05, 0) is 60.4 Å². The maximum atomic E-state index is 13.5. The number of hydrogen-bond donors (Lipinski definition) is 3. The lowest BCUT2D eigenvalue weighted by atomic mass is 9.74. The summed E-state index contributed by atoms with van der Waals surface area (Å²) in [4.78, 5) is 0. The van der Waals surface area contributed by atoms with Crippen LogP contribution in [0.25, 0.3) is 0 Å². The molecule has 5 heteroatoms. The zero-order valence-electron chi connectivity index (χ0n) is 19.8. The van der Waals surface area contributed by atoms with Crippen LogP contribution in [0.5, 0.6) is 0 Å². The molecule has 0 saturated heterocycles. The SMILES string of the molecule is Cc1cc(C(C)(C)C)cc(C2(NC[C@@H](O)[C@@H](N)Cc3cc(F)cc(F)c3)CCCCC2)c1. The molecule has 1 aliphatic rings. The van der Waals surface area contributed by atoms with Gasteiger partial charge < -0.3 is 16.2 Å². The van der Waals surface area contributed by atoms with Crippen molar-refractivity contribution in [2.24, 2.45) is 5.73 Å². The normalized spacial score (nSPS) is 18.4. The van der Waals surface area contributed by atoms with Gasteiger partial charge in [-0.15, -0.1) is 0 Å². The van der Waals surface area contributed by atoms with Gasteiger partial charge in [0.15, 0.2) is 0 Å². The van der Waals surface area contributed by atoms with E-state index in [4.69, 9.17) is 5.73 Å². The van der Waals surface area contributed by atoms with Crippen LogP contribution in [0.4, 0.5) is 8.78 Å². The fraction of sp³-hybridized carbons (Fsp3) is 0.556. The molecule has 0 amide bonds. The third-order valence-electron chi connectivity index (χ3n) is 6.74. The highest BCUT2D eigenvalue weighted by Crippen LogP contribution is 2.39. The largest absolute Gasteiger partial charge is 0.390 e. The summed E-state index contributed by atoms with van der Waals surface area (Å²) in [5.41, 5.74) is 10.4. The minimum Gasteiger partial charge on any atom is -0.390 e. The molecule has 1 saturated carbocycles. The molecule has 0 spiro atoms. The maximum absolute atomic E-state index is 13.5. The van der Waals surface area contributed by atoms with Crippen LogP contribution in [-0.4, -0.2) is 23.8 Å². The Bertz CT molecular complexity index is 896. The van der Waals surface area contributed by atoms with Crippen LogP contribution in [0.15, 0.2) is 36.4 Å². The number of aliphatic hydroxyl groups is 1. The first-order valence-electron chi connectivity index (χ1n) is 11.7. The molecule has 0 radical (unpaired) electrons. The highest BCUT2D eigenvalue weighted by molar-refractivity contribution is 5.37. The van der Waals surface area contributed by atoms with Crippen molar-refractivity contribution < 1.29 is 13.9 Å². The molecule has 2 aromatic carbocycles. The van der Waals surface area contributed by atoms with Crippen LogP contribution in [0.1, 0.15) is 75.1 Å². The van der Waals surface area contributed by atoms with Gasteiger partial charge in [-0.25, -0.2) is 8.78 Å². The third kappa shape index (κ3) is 6.15. The number of rotatable bonds is 7. The van der Waals surface area contributed by atoms with Crippen LogP contribution < -0.4 is 11.1 Å². The highest BCUT2D eigenvalue weighted by Gasteiger charge is 2.35. The van der Waals surface area contributed by atoms with E-state index in [0.717, 1.165) is 31.7 Å². The molecule has 0 heterocycles. The van der Waals surface area contributed by atoms with E-state index >= 15 is 0 Å². The van der Waals surface area contributed by atoms with Crippen LogP contribution in [0.3, 0.4) is 0 Å².